The predicted octanol–water partition coefficient (Wildman–Crippen LogP) is -1.11. The average molecular weight is 226 g/mol. The van der Waals surface area contributed by atoms with Gasteiger partial charge in [0.1, 0.15) is 0 Å². The van der Waals surface area contributed by atoms with Crippen LogP contribution in [0.3, 0.4) is 0 Å². The number of hydrogen-bond acceptors (Lipinski definition) is 6. The van der Waals surface area contributed by atoms with Crippen molar-refractivity contribution < 1.29 is 34.8 Å². The molecule has 4 N–H and O–H groups in total. The van der Waals surface area contributed by atoms with E-state index in [0.717, 1.165) is 0 Å². The van der Waals surface area contributed by atoms with Gasteiger partial charge in [-0.1, -0.05) is 0 Å². The van der Waals surface area contributed by atoms with Gasteiger partial charge in [0.05, 0.1) is 0 Å². The number of aliphatic carboxylic acids is 2. The van der Waals surface area contributed by atoms with Gasteiger partial charge in [0.15, 0.2) is 0 Å². The normalized spacial score (nSPS) is 17.1. The van der Waals surface area contributed by atoms with Crippen LogP contribution in [0.4, 0.5) is 0 Å². The third-order valence-electron chi connectivity index (χ3n) is 1.09. The second-order valence-electron chi connectivity index (χ2n) is 2.13. The molecule has 0 bridgehead atoms. The van der Waals surface area contributed by atoms with Crippen molar-refractivity contribution in [3.63, 3.8) is 0 Å². The molecule has 0 aromatic rings. The highest BCUT2D eigenvalue weighted by Crippen LogP contribution is 2.27. The topological polar surface area (TPSA) is 124 Å². The summed E-state index contributed by atoms with van der Waals surface area (Å²) in [5.41, 5.74) is -2.07. The van der Waals surface area contributed by atoms with E-state index < -0.39 is 22.5 Å². The van der Waals surface area contributed by atoms with Crippen molar-refractivity contribution in [3.05, 3.63) is 0 Å². The van der Waals surface area contributed by atoms with Gasteiger partial charge in [-0.05, 0) is 18.7 Å². The molecule has 0 fully saturated rings. The van der Waals surface area contributed by atoms with Gasteiger partial charge in [-0.2, -0.15) is 0 Å². The summed E-state index contributed by atoms with van der Waals surface area (Å²) >= 11 is -0.122. The molecule has 0 radical (unpaired) electrons. The van der Waals surface area contributed by atoms with Gasteiger partial charge in [0.2, 0.25) is 5.44 Å². The summed E-state index contributed by atoms with van der Waals surface area (Å²) < 4.78 is 4.41. The second-order valence-corrected chi connectivity index (χ2v) is 3.36. The molecule has 0 heterocycles. The average Bonchev–Trinajstić information content (AvgIpc) is 2.03. The minimum Gasteiger partial charge on any atom is -0.479 e. The molecule has 7 nitrogen and oxygen atoms in total. The number of rotatable bonds is 6. The second kappa shape index (κ2) is 5.15. The van der Waals surface area contributed by atoms with Crippen molar-refractivity contribution in [1.82, 2.24) is 0 Å². The lowest BCUT2D eigenvalue weighted by molar-refractivity contribution is -0.187. The molecule has 8 heteroatoms. The van der Waals surface area contributed by atoms with Crippen LogP contribution in [0.5, 0.6) is 0 Å². The molecule has 2 unspecified atom stereocenters. The summed E-state index contributed by atoms with van der Waals surface area (Å²) in [6.07, 6.45) is 0. The van der Waals surface area contributed by atoms with E-state index in [1.807, 2.05) is 0 Å². The Morgan fingerprint density at radius 2 is 2.00 bits per heavy atom. The van der Waals surface area contributed by atoms with Crippen molar-refractivity contribution in [1.29, 1.82) is 0 Å². The van der Waals surface area contributed by atoms with Gasteiger partial charge in [0.25, 0.3) is 0 Å². The van der Waals surface area contributed by atoms with Gasteiger partial charge in [-0.25, -0.2) is 9.59 Å². The summed E-state index contributed by atoms with van der Waals surface area (Å²) in [4.78, 5) is 20.6. The van der Waals surface area contributed by atoms with Gasteiger partial charge in [0, 0.05) is 6.61 Å². The number of carbonyl (C=O) groups is 2. The van der Waals surface area contributed by atoms with E-state index in [2.05, 4.69) is 4.74 Å². The number of aliphatic hydroxyl groups excluding tert-OH is 1. The van der Waals surface area contributed by atoms with Crippen LogP contribution in [-0.2, 0) is 14.3 Å². The fourth-order valence-corrected chi connectivity index (χ4v) is 1.23. The zero-order valence-corrected chi connectivity index (χ0v) is 8.02. The lowest BCUT2D eigenvalue weighted by Gasteiger charge is -2.22. The molecular weight excluding hydrogens is 216 g/mol. The van der Waals surface area contributed by atoms with E-state index in [9.17, 15) is 14.7 Å². The van der Waals surface area contributed by atoms with Crippen LogP contribution in [0.25, 0.3) is 0 Å². The van der Waals surface area contributed by atoms with Crippen molar-refractivity contribution in [2.75, 3.05) is 6.61 Å². The Labute approximate surface area is 83.3 Å². The first-order valence-electron chi connectivity index (χ1n) is 3.52. The molecule has 0 aliphatic carbocycles. The predicted molar refractivity (Wildman–Crippen MR) is 45.4 cm³/mol. The maximum absolute atomic E-state index is 10.5. The minimum absolute atomic E-state index is 0.122. The molecule has 0 spiro atoms. The fraction of sp³-hybridized carbons (Fsp3) is 0.667. The van der Waals surface area contributed by atoms with Gasteiger partial charge < -0.3 is 25.2 Å². The van der Waals surface area contributed by atoms with E-state index in [1.54, 1.807) is 0 Å². The molecule has 0 aliphatic heterocycles. The van der Waals surface area contributed by atoms with Gasteiger partial charge in [-0.15, -0.1) is 0 Å². The van der Waals surface area contributed by atoms with Crippen LogP contribution in [0, 0.1) is 0 Å². The van der Waals surface area contributed by atoms with Gasteiger partial charge in [-0.3, -0.25) is 0 Å². The number of thioether (sulfide) groups is 1. The molecule has 14 heavy (non-hydrogen) atoms. The molecule has 0 aliphatic rings. The summed E-state index contributed by atoms with van der Waals surface area (Å²) in [5.74, 6) is -3.43. The molecule has 82 valence electrons. The minimum atomic E-state index is -2.74. The van der Waals surface area contributed by atoms with Crippen LogP contribution in [0.15, 0.2) is 0 Å². The Kier molecular flexibility index (Phi) is 4.85. The smallest absolute Gasteiger partial charge is 0.376 e. The molecule has 0 aromatic carbocycles. The van der Waals surface area contributed by atoms with Crippen molar-refractivity contribution in [2.24, 2.45) is 0 Å². The van der Waals surface area contributed by atoms with Crippen LogP contribution >= 0.6 is 11.8 Å². The third kappa shape index (κ3) is 3.50. The highest BCUT2D eigenvalue weighted by atomic mass is 32.2. The summed E-state index contributed by atoms with van der Waals surface area (Å²) in [6, 6.07) is 0. The number of aliphatic hydroxyl groups is 2. The first kappa shape index (κ1) is 13.2. The molecule has 2 atom stereocenters. The SMILES string of the molecule is CCOC(O)(SC(O)C(=O)O)C(=O)O. The Morgan fingerprint density at radius 1 is 1.50 bits per heavy atom. The monoisotopic (exact) mass is 226 g/mol. The molecule has 0 aromatic heterocycles. The van der Waals surface area contributed by atoms with Crippen molar-refractivity contribution >= 4 is 23.7 Å². The first-order valence-corrected chi connectivity index (χ1v) is 4.40. The van der Waals surface area contributed by atoms with Gasteiger partial charge >= 0.3 is 17.1 Å². The first-order chi connectivity index (χ1) is 6.33. The van der Waals surface area contributed by atoms with Crippen LogP contribution in [-0.4, -0.2) is 49.5 Å². The van der Waals surface area contributed by atoms with Crippen LogP contribution < -0.4 is 0 Å². The molecule has 0 amide bonds. The Morgan fingerprint density at radius 3 is 2.29 bits per heavy atom. The lowest BCUT2D eigenvalue weighted by Crippen LogP contribution is -2.41. The number of ether oxygens (including phenoxy) is 1. The number of carboxylic acid groups (broad SMARTS) is 2. The quantitative estimate of drug-likeness (QED) is 0.420. The Bertz CT molecular complexity index is 230. The number of hydrogen-bond donors (Lipinski definition) is 4. The third-order valence-corrected chi connectivity index (χ3v) is 2.13. The van der Waals surface area contributed by atoms with E-state index in [4.69, 9.17) is 15.3 Å². The van der Waals surface area contributed by atoms with E-state index >= 15 is 0 Å². The standard InChI is InChI=1S/C6H10O7S/c1-2-13-6(12,5(10)11)14-4(9)3(7)8/h4,9,12H,2H2,1H3,(H,7,8)(H,10,11). The number of carboxylic acids is 2. The zero-order valence-electron chi connectivity index (χ0n) is 7.21. The summed E-state index contributed by atoms with van der Waals surface area (Å²) in [6.45, 7) is 1.28. The van der Waals surface area contributed by atoms with Crippen molar-refractivity contribution in [2.45, 2.75) is 17.5 Å². The highest BCUT2D eigenvalue weighted by molar-refractivity contribution is 8.02. The lowest BCUT2D eigenvalue weighted by atomic mass is 10.6. The molecule has 0 rings (SSSR count). The highest BCUT2D eigenvalue weighted by Gasteiger charge is 2.42. The summed E-state index contributed by atoms with van der Waals surface area (Å²) in [5, 5.41) is 32.0. The maximum Gasteiger partial charge on any atom is 0.376 e. The van der Waals surface area contributed by atoms with Crippen LogP contribution in [0.1, 0.15) is 6.92 Å². The zero-order chi connectivity index (χ0) is 11.4. The summed E-state index contributed by atoms with van der Waals surface area (Å²) in [7, 11) is 0. The molecule has 0 saturated heterocycles. The Balaban J connectivity index is 4.52. The molecular formula is C6H10O7S. The van der Waals surface area contributed by atoms with Crippen LogP contribution in [0.2, 0.25) is 0 Å². The Hall–Kier alpha value is -0.830. The van der Waals surface area contributed by atoms with E-state index in [0.29, 0.717) is 0 Å². The van der Waals surface area contributed by atoms with Crippen molar-refractivity contribution in [3.8, 4) is 0 Å². The van der Waals surface area contributed by atoms with E-state index in [1.165, 1.54) is 6.92 Å². The fourth-order valence-electron chi connectivity index (χ4n) is 0.544. The maximum atomic E-state index is 10.5. The van der Waals surface area contributed by atoms with E-state index in [-0.39, 0.29) is 18.4 Å². The largest absolute Gasteiger partial charge is 0.479 e. The molecule has 0 saturated carbocycles.